The van der Waals surface area contributed by atoms with Crippen LogP contribution in [0.4, 0.5) is 0 Å². The third-order valence-corrected chi connectivity index (χ3v) is 3.55. The van der Waals surface area contributed by atoms with E-state index in [2.05, 4.69) is 4.98 Å². The molecule has 0 spiro atoms. The first-order chi connectivity index (χ1) is 10.1. The van der Waals surface area contributed by atoms with Crippen LogP contribution in [0.2, 0.25) is 0 Å². The van der Waals surface area contributed by atoms with E-state index in [1.807, 2.05) is 6.92 Å². The van der Waals surface area contributed by atoms with Crippen LogP contribution in [0.25, 0.3) is 6.08 Å². The highest BCUT2D eigenvalue weighted by Gasteiger charge is 2.06. The van der Waals surface area contributed by atoms with Gasteiger partial charge in [-0.05, 0) is 31.2 Å². The molecule has 0 aliphatic heterocycles. The number of carbonyl (C=O) groups is 1. The molecule has 0 amide bonds. The molecule has 1 N–H and O–H groups in total. The average Bonchev–Trinajstić information content (AvgIpc) is 2.88. The number of aryl methyl sites for hydroxylation is 1. The monoisotopic (exact) mass is 305 g/mol. The molecular formula is C15H15NO4S. The maximum atomic E-state index is 10.7. The van der Waals surface area contributed by atoms with Crippen molar-refractivity contribution in [2.45, 2.75) is 13.5 Å². The maximum absolute atomic E-state index is 10.7. The first kappa shape index (κ1) is 15.1. The van der Waals surface area contributed by atoms with Gasteiger partial charge in [0.25, 0.3) is 0 Å². The SMILES string of the molecule is COc1ccc(OCc2cnc(C)s2)c(C=CC(=O)O)c1. The summed E-state index contributed by atoms with van der Waals surface area (Å²) in [6, 6.07) is 5.26. The molecule has 21 heavy (non-hydrogen) atoms. The summed E-state index contributed by atoms with van der Waals surface area (Å²) >= 11 is 1.57. The lowest BCUT2D eigenvalue weighted by molar-refractivity contribution is -0.131. The largest absolute Gasteiger partial charge is 0.497 e. The maximum Gasteiger partial charge on any atom is 0.328 e. The van der Waals surface area contributed by atoms with Crippen LogP contribution in [0.15, 0.2) is 30.5 Å². The van der Waals surface area contributed by atoms with Crippen LogP contribution in [0.3, 0.4) is 0 Å². The van der Waals surface area contributed by atoms with Crippen LogP contribution in [0, 0.1) is 6.92 Å². The summed E-state index contributed by atoms with van der Waals surface area (Å²) in [4.78, 5) is 15.8. The molecule has 110 valence electrons. The Hall–Kier alpha value is -2.34. The summed E-state index contributed by atoms with van der Waals surface area (Å²) < 4.78 is 10.9. The average molecular weight is 305 g/mol. The molecule has 0 fully saturated rings. The number of hydrogen-bond acceptors (Lipinski definition) is 5. The van der Waals surface area contributed by atoms with E-state index < -0.39 is 5.97 Å². The molecule has 0 saturated carbocycles. The van der Waals surface area contributed by atoms with E-state index in [1.54, 1.807) is 42.8 Å². The summed E-state index contributed by atoms with van der Waals surface area (Å²) in [5.74, 6) is 0.224. The molecule has 6 heteroatoms. The first-order valence-corrected chi connectivity index (χ1v) is 7.03. The Morgan fingerprint density at radius 3 is 2.90 bits per heavy atom. The van der Waals surface area contributed by atoms with Gasteiger partial charge in [-0.25, -0.2) is 9.78 Å². The van der Waals surface area contributed by atoms with E-state index in [0.29, 0.717) is 23.7 Å². The second kappa shape index (κ2) is 6.90. The zero-order valence-electron chi connectivity index (χ0n) is 11.7. The van der Waals surface area contributed by atoms with Crippen molar-refractivity contribution in [3.63, 3.8) is 0 Å². The van der Waals surface area contributed by atoms with Crippen molar-refractivity contribution in [1.82, 2.24) is 4.98 Å². The molecule has 1 aromatic heterocycles. The summed E-state index contributed by atoms with van der Waals surface area (Å²) in [7, 11) is 1.56. The second-order valence-corrected chi connectivity index (χ2v) is 5.53. The van der Waals surface area contributed by atoms with Crippen LogP contribution in [-0.4, -0.2) is 23.2 Å². The molecule has 5 nitrogen and oxygen atoms in total. The van der Waals surface area contributed by atoms with Crippen molar-refractivity contribution in [2.24, 2.45) is 0 Å². The van der Waals surface area contributed by atoms with Crippen molar-refractivity contribution >= 4 is 23.4 Å². The highest BCUT2D eigenvalue weighted by atomic mass is 32.1. The Morgan fingerprint density at radius 2 is 2.29 bits per heavy atom. The van der Waals surface area contributed by atoms with Crippen molar-refractivity contribution in [1.29, 1.82) is 0 Å². The molecule has 0 aliphatic carbocycles. The third-order valence-electron chi connectivity index (χ3n) is 2.66. The molecule has 0 bridgehead atoms. The summed E-state index contributed by atoms with van der Waals surface area (Å²) in [6.07, 6.45) is 4.33. The van der Waals surface area contributed by atoms with Gasteiger partial charge in [-0.1, -0.05) is 0 Å². The molecular weight excluding hydrogens is 290 g/mol. The molecule has 1 heterocycles. The van der Waals surface area contributed by atoms with Crippen LogP contribution < -0.4 is 9.47 Å². The van der Waals surface area contributed by atoms with Crippen molar-refractivity contribution in [3.05, 3.63) is 45.9 Å². The minimum absolute atomic E-state index is 0.395. The van der Waals surface area contributed by atoms with Gasteiger partial charge in [0, 0.05) is 17.8 Å². The number of carboxylic acid groups (broad SMARTS) is 1. The molecule has 0 unspecified atom stereocenters. The fourth-order valence-corrected chi connectivity index (χ4v) is 2.41. The third kappa shape index (κ3) is 4.32. The van der Waals surface area contributed by atoms with E-state index in [0.717, 1.165) is 16.0 Å². The highest BCUT2D eigenvalue weighted by Crippen LogP contribution is 2.27. The number of nitrogens with zero attached hydrogens (tertiary/aromatic N) is 1. The number of methoxy groups -OCH3 is 1. The number of aromatic nitrogens is 1. The number of ether oxygens (including phenoxy) is 2. The van der Waals surface area contributed by atoms with Gasteiger partial charge < -0.3 is 14.6 Å². The van der Waals surface area contributed by atoms with Gasteiger partial charge in [-0.15, -0.1) is 11.3 Å². The standard InChI is InChI=1S/C15H15NO4S/c1-10-16-8-13(21-10)9-20-14-5-4-12(19-2)7-11(14)3-6-15(17)18/h3-8H,9H2,1-2H3,(H,17,18). The zero-order chi connectivity index (χ0) is 15.2. The van der Waals surface area contributed by atoms with Gasteiger partial charge >= 0.3 is 5.97 Å². The summed E-state index contributed by atoms with van der Waals surface area (Å²) in [5.41, 5.74) is 0.651. The van der Waals surface area contributed by atoms with Gasteiger partial charge in [0.2, 0.25) is 0 Å². The summed E-state index contributed by atoms with van der Waals surface area (Å²) in [5, 5.41) is 9.72. The predicted molar refractivity (Wildman–Crippen MR) is 80.8 cm³/mol. The van der Waals surface area contributed by atoms with Crippen molar-refractivity contribution in [3.8, 4) is 11.5 Å². The summed E-state index contributed by atoms with van der Waals surface area (Å²) in [6.45, 7) is 2.33. The first-order valence-electron chi connectivity index (χ1n) is 6.21. The van der Waals surface area contributed by atoms with Gasteiger partial charge in [0.15, 0.2) is 0 Å². The number of hydrogen-bond donors (Lipinski definition) is 1. The van der Waals surface area contributed by atoms with E-state index in [-0.39, 0.29) is 0 Å². The van der Waals surface area contributed by atoms with E-state index in [9.17, 15) is 4.79 Å². The van der Waals surface area contributed by atoms with Gasteiger partial charge in [-0.3, -0.25) is 0 Å². The number of carboxylic acids is 1. The Labute approximate surface area is 126 Å². The van der Waals surface area contributed by atoms with Crippen LogP contribution in [-0.2, 0) is 11.4 Å². The molecule has 1 aromatic carbocycles. The predicted octanol–water partition coefficient (Wildman–Crippen LogP) is 3.14. The molecule has 2 rings (SSSR count). The van der Waals surface area contributed by atoms with E-state index in [4.69, 9.17) is 14.6 Å². The topological polar surface area (TPSA) is 68.7 Å². The number of aliphatic carboxylic acids is 1. The van der Waals surface area contributed by atoms with Gasteiger partial charge in [-0.2, -0.15) is 0 Å². The lowest BCUT2D eigenvalue weighted by Crippen LogP contribution is -1.96. The number of thiazole rings is 1. The Morgan fingerprint density at radius 1 is 1.48 bits per heavy atom. The van der Waals surface area contributed by atoms with Crippen molar-refractivity contribution < 1.29 is 19.4 Å². The quantitative estimate of drug-likeness (QED) is 0.830. The lowest BCUT2D eigenvalue weighted by atomic mass is 10.1. The molecule has 0 atom stereocenters. The van der Waals surface area contributed by atoms with E-state index in [1.165, 1.54) is 6.08 Å². The minimum atomic E-state index is -1.01. The normalized spacial score (nSPS) is 10.8. The van der Waals surface area contributed by atoms with Crippen LogP contribution in [0.5, 0.6) is 11.5 Å². The molecule has 0 aliphatic rings. The molecule has 0 radical (unpaired) electrons. The molecule has 2 aromatic rings. The molecule has 0 saturated heterocycles. The van der Waals surface area contributed by atoms with Crippen molar-refractivity contribution in [2.75, 3.05) is 7.11 Å². The number of benzene rings is 1. The van der Waals surface area contributed by atoms with E-state index >= 15 is 0 Å². The van der Waals surface area contributed by atoms with Gasteiger partial charge in [0.1, 0.15) is 18.1 Å². The highest BCUT2D eigenvalue weighted by molar-refractivity contribution is 7.11. The minimum Gasteiger partial charge on any atom is -0.497 e. The Kier molecular flexibility index (Phi) is 4.94. The smallest absolute Gasteiger partial charge is 0.328 e. The van der Waals surface area contributed by atoms with Crippen LogP contribution >= 0.6 is 11.3 Å². The Bertz CT molecular complexity index is 663. The fraction of sp³-hybridized carbons (Fsp3) is 0.200. The van der Waals surface area contributed by atoms with Crippen LogP contribution in [0.1, 0.15) is 15.4 Å². The fourth-order valence-electron chi connectivity index (χ4n) is 1.70. The van der Waals surface area contributed by atoms with Gasteiger partial charge in [0.05, 0.1) is 17.0 Å². The number of rotatable bonds is 6. The Balaban J connectivity index is 2.18. The second-order valence-electron chi connectivity index (χ2n) is 4.21. The lowest BCUT2D eigenvalue weighted by Gasteiger charge is -2.09. The zero-order valence-corrected chi connectivity index (χ0v) is 12.5.